The standard InChI is InChI=1S/C18H13Cl2N5.C5H11N/c1-21-16-15-18(23-10-22-16)25(12-8-6-11(19)7-9-12)17(24-15)13-4-2-3-5-14(13)20;1-2-4-6-5-3-1/h2-10H,1H3,(H,21,22,23);6H,1-5H2. The summed E-state index contributed by atoms with van der Waals surface area (Å²) >= 11 is 12.5. The van der Waals surface area contributed by atoms with Crippen LogP contribution in [0.4, 0.5) is 5.82 Å². The molecule has 0 amide bonds. The Hall–Kier alpha value is -2.67. The molecule has 4 aromatic rings. The van der Waals surface area contributed by atoms with Crippen LogP contribution in [0, 0.1) is 0 Å². The molecule has 0 saturated carbocycles. The molecule has 31 heavy (non-hydrogen) atoms. The third-order valence-corrected chi connectivity index (χ3v) is 5.67. The predicted molar refractivity (Wildman–Crippen MR) is 128 cm³/mol. The first-order valence-corrected chi connectivity index (χ1v) is 11.1. The second-order valence-electron chi connectivity index (χ2n) is 7.18. The smallest absolute Gasteiger partial charge is 0.170 e. The first kappa shape index (κ1) is 21.6. The number of anilines is 1. The molecule has 160 valence electrons. The summed E-state index contributed by atoms with van der Waals surface area (Å²) in [6, 6.07) is 15.1. The van der Waals surface area contributed by atoms with E-state index in [2.05, 4.69) is 20.6 Å². The van der Waals surface area contributed by atoms with Gasteiger partial charge >= 0.3 is 0 Å². The highest BCUT2D eigenvalue weighted by atomic mass is 35.5. The number of nitrogens with one attached hydrogen (secondary N) is 2. The van der Waals surface area contributed by atoms with Gasteiger partial charge in [0.2, 0.25) is 0 Å². The lowest BCUT2D eigenvalue weighted by atomic mass is 10.2. The van der Waals surface area contributed by atoms with E-state index in [0.717, 1.165) is 11.3 Å². The number of benzene rings is 2. The quantitative estimate of drug-likeness (QED) is 0.422. The topological polar surface area (TPSA) is 67.7 Å². The Morgan fingerprint density at radius 1 is 0.935 bits per heavy atom. The summed E-state index contributed by atoms with van der Waals surface area (Å²) in [5.41, 5.74) is 3.08. The van der Waals surface area contributed by atoms with Gasteiger partial charge in [0.05, 0.1) is 5.02 Å². The van der Waals surface area contributed by atoms with Crippen molar-refractivity contribution in [2.24, 2.45) is 0 Å². The van der Waals surface area contributed by atoms with Gasteiger partial charge in [-0.2, -0.15) is 0 Å². The van der Waals surface area contributed by atoms with Gasteiger partial charge in [-0.1, -0.05) is 41.8 Å². The molecule has 2 aromatic heterocycles. The van der Waals surface area contributed by atoms with Gasteiger partial charge in [0, 0.05) is 23.3 Å². The Morgan fingerprint density at radius 3 is 2.29 bits per heavy atom. The highest BCUT2D eigenvalue weighted by Crippen LogP contribution is 2.33. The number of hydrogen-bond donors (Lipinski definition) is 2. The Kier molecular flexibility index (Phi) is 7.02. The van der Waals surface area contributed by atoms with Crippen molar-refractivity contribution >= 4 is 40.2 Å². The lowest BCUT2D eigenvalue weighted by Crippen LogP contribution is -2.21. The molecule has 8 heteroatoms. The van der Waals surface area contributed by atoms with E-state index in [0.29, 0.717) is 32.9 Å². The molecule has 0 atom stereocenters. The molecule has 1 aliphatic heterocycles. The van der Waals surface area contributed by atoms with Crippen LogP contribution in [0.15, 0.2) is 54.9 Å². The number of fused-ring (bicyclic) bond motifs is 1. The normalized spacial score (nSPS) is 13.5. The highest BCUT2D eigenvalue weighted by Gasteiger charge is 2.19. The van der Waals surface area contributed by atoms with E-state index >= 15 is 0 Å². The zero-order valence-corrected chi connectivity index (χ0v) is 18.8. The second kappa shape index (κ2) is 10.1. The number of halogens is 2. The Labute approximate surface area is 191 Å². The van der Waals surface area contributed by atoms with Crippen molar-refractivity contribution in [3.8, 4) is 17.1 Å². The SMILES string of the molecule is C1CCNCC1.CNc1ncnc2c1nc(-c1ccccc1Cl)n2-c1ccc(Cl)cc1. The summed E-state index contributed by atoms with van der Waals surface area (Å²) in [4.78, 5) is 13.5. The number of imidazole rings is 1. The van der Waals surface area contributed by atoms with Crippen LogP contribution in [0.5, 0.6) is 0 Å². The molecular weight excluding hydrogens is 431 g/mol. The minimum Gasteiger partial charge on any atom is -0.371 e. The molecule has 0 bridgehead atoms. The van der Waals surface area contributed by atoms with E-state index < -0.39 is 0 Å². The van der Waals surface area contributed by atoms with E-state index in [-0.39, 0.29) is 0 Å². The maximum absolute atomic E-state index is 6.42. The van der Waals surface area contributed by atoms with Gasteiger partial charge < -0.3 is 10.6 Å². The van der Waals surface area contributed by atoms with E-state index in [9.17, 15) is 0 Å². The average molecular weight is 455 g/mol. The van der Waals surface area contributed by atoms with Gasteiger partial charge in [0.1, 0.15) is 12.2 Å². The van der Waals surface area contributed by atoms with Crippen molar-refractivity contribution in [1.29, 1.82) is 0 Å². The monoisotopic (exact) mass is 454 g/mol. The average Bonchev–Trinajstić information content (AvgIpc) is 3.21. The van der Waals surface area contributed by atoms with Crippen LogP contribution in [0.2, 0.25) is 10.0 Å². The second-order valence-corrected chi connectivity index (χ2v) is 8.03. The molecule has 2 N–H and O–H groups in total. The fourth-order valence-corrected chi connectivity index (χ4v) is 3.88. The number of nitrogens with zero attached hydrogens (tertiary/aromatic N) is 4. The fourth-order valence-electron chi connectivity index (χ4n) is 3.53. The van der Waals surface area contributed by atoms with E-state index in [4.69, 9.17) is 28.2 Å². The first-order chi connectivity index (χ1) is 15.2. The summed E-state index contributed by atoms with van der Waals surface area (Å²) in [7, 11) is 1.80. The molecular formula is C23H24Cl2N6. The van der Waals surface area contributed by atoms with Gasteiger partial charge in [0.25, 0.3) is 0 Å². The summed E-state index contributed by atoms with van der Waals surface area (Å²) in [6.07, 6.45) is 5.73. The Morgan fingerprint density at radius 2 is 1.68 bits per heavy atom. The van der Waals surface area contributed by atoms with Crippen LogP contribution < -0.4 is 10.6 Å². The van der Waals surface area contributed by atoms with Crippen molar-refractivity contribution in [2.45, 2.75) is 19.3 Å². The third kappa shape index (κ3) is 4.82. The molecule has 1 aliphatic rings. The van der Waals surface area contributed by atoms with Crippen molar-refractivity contribution in [3.05, 3.63) is 64.9 Å². The lowest BCUT2D eigenvalue weighted by Gasteiger charge is -2.10. The molecule has 5 rings (SSSR count). The molecule has 0 unspecified atom stereocenters. The van der Waals surface area contributed by atoms with Crippen LogP contribution in [0.1, 0.15) is 19.3 Å². The molecule has 0 radical (unpaired) electrons. The molecule has 3 heterocycles. The molecule has 1 fully saturated rings. The lowest BCUT2D eigenvalue weighted by molar-refractivity contribution is 0.520. The van der Waals surface area contributed by atoms with Crippen LogP contribution in [-0.4, -0.2) is 39.7 Å². The predicted octanol–water partition coefficient (Wildman–Crippen LogP) is 5.59. The number of piperidine rings is 1. The maximum Gasteiger partial charge on any atom is 0.170 e. The summed E-state index contributed by atoms with van der Waals surface area (Å²) in [6.45, 7) is 2.50. The van der Waals surface area contributed by atoms with Crippen LogP contribution >= 0.6 is 23.2 Å². The van der Waals surface area contributed by atoms with Crippen LogP contribution in [0.3, 0.4) is 0 Å². The Bertz CT molecular complexity index is 1140. The number of rotatable bonds is 3. The maximum atomic E-state index is 6.42. The minimum absolute atomic E-state index is 0.618. The van der Waals surface area contributed by atoms with E-state index in [1.54, 1.807) is 7.05 Å². The van der Waals surface area contributed by atoms with Gasteiger partial charge in [-0.05, 0) is 62.3 Å². The van der Waals surface area contributed by atoms with E-state index in [1.165, 1.54) is 38.7 Å². The van der Waals surface area contributed by atoms with Crippen molar-refractivity contribution in [3.63, 3.8) is 0 Å². The fraction of sp³-hybridized carbons (Fsp3) is 0.261. The largest absolute Gasteiger partial charge is 0.371 e. The van der Waals surface area contributed by atoms with Crippen molar-refractivity contribution < 1.29 is 0 Å². The van der Waals surface area contributed by atoms with Gasteiger partial charge in [0.15, 0.2) is 17.0 Å². The molecule has 0 aliphatic carbocycles. The van der Waals surface area contributed by atoms with Crippen molar-refractivity contribution in [1.82, 2.24) is 24.8 Å². The molecule has 1 saturated heterocycles. The van der Waals surface area contributed by atoms with Gasteiger partial charge in [-0.15, -0.1) is 0 Å². The van der Waals surface area contributed by atoms with Gasteiger partial charge in [-0.25, -0.2) is 15.0 Å². The van der Waals surface area contributed by atoms with Gasteiger partial charge in [-0.3, -0.25) is 4.57 Å². The third-order valence-electron chi connectivity index (χ3n) is 5.09. The number of hydrogen-bond acceptors (Lipinski definition) is 5. The Balaban J connectivity index is 0.000000334. The molecule has 2 aromatic carbocycles. The summed E-state index contributed by atoms with van der Waals surface area (Å²) in [5.74, 6) is 1.35. The minimum atomic E-state index is 0.618. The summed E-state index contributed by atoms with van der Waals surface area (Å²) < 4.78 is 1.95. The molecule has 6 nitrogen and oxygen atoms in total. The number of aromatic nitrogens is 4. The van der Waals surface area contributed by atoms with Crippen LogP contribution in [0.25, 0.3) is 28.2 Å². The zero-order valence-electron chi connectivity index (χ0n) is 17.3. The first-order valence-electron chi connectivity index (χ1n) is 10.3. The highest BCUT2D eigenvalue weighted by molar-refractivity contribution is 6.33. The van der Waals surface area contributed by atoms with Crippen LogP contribution in [-0.2, 0) is 0 Å². The van der Waals surface area contributed by atoms with Crippen molar-refractivity contribution in [2.75, 3.05) is 25.5 Å². The molecule has 0 spiro atoms. The zero-order chi connectivity index (χ0) is 21.6. The summed E-state index contributed by atoms with van der Waals surface area (Å²) in [5, 5.41) is 7.62. The van der Waals surface area contributed by atoms with E-state index in [1.807, 2.05) is 53.1 Å².